The van der Waals surface area contributed by atoms with Crippen molar-refractivity contribution in [2.75, 3.05) is 27.4 Å². The monoisotopic (exact) mass is 804 g/mol. The molecule has 45 heavy (non-hydrogen) atoms. The maximum absolute atomic E-state index is 14.0. The van der Waals surface area contributed by atoms with Crippen LogP contribution >= 0.6 is 49.9 Å². The number of benzene rings is 3. The second-order valence-electron chi connectivity index (χ2n) is 9.70. The summed E-state index contributed by atoms with van der Waals surface area (Å²) in [5, 5.41) is 0. The lowest BCUT2D eigenvalue weighted by atomic mass is 9.97. The third-order valence-electron chi connectivity index (χ3n) is 6.85. The lowest BCUT2D eigenvalue weighted by Crippen LogP contribution is -2.39. The van der Waals surface area contributed by atoms with Crippen LogP contribution in [0.2, 0.25) is 0 Å². The number of halogens is 2. The van der Waals surface area contributed by atoms with E-state index in [0.29, 0.717) is 67.8 Å². The van der Waals surface area contributed by atoms with E-state index in [0.717, 1.165) is 9.13 Å². The summed E-state index contributed by atoms with van der Waals surface area (Å²) in [4.78, 5) is 31.8. The number of ether oxygens (including phenoxy) is 5. The summed E-state index contributed by atoms with van der Waals surface area (Å²) in [5.74, 6) is 1.57. The van der Waals surface area contributed by atoms with Gasteiger partial charge in [0.2, 0.25) is 0 Å². The highest BCUT2D eigenvalue weighted by atomic mass is 127. The third-order valence-corrected chi connectivity index (χ3v) is 9.16. The zero-order valence-electron chi connectivity index (χ0n) is 25.0. The summed E-state index contributed by atoms with van der Waals surface area (Å²) in [6, 6.07) is 16.3. The normalized spacial score (nSPS) is 14.2. The molecule has 0 saturated heterocycles. The fourth-order valence-corrected chi connectivity index (χ4v) is 6.74. The van der Waals surface area contributed by atoms with Crippen molar-refractivity contribution in [3.63, 3.8) is 0 Å². The summed E-state index contributed by atoms with van der Waals surface area (Å²) in [5.41, 5.74) is 2.31. The Kier molecular flexibility index (Phi) is 10.7. The van der Waals surface area contributed by atoms with Crippen molar-refractivity contribution in [2.45, 2.75) is 26.5 Å². The molecule has 1 aliphatic heterocycles. The van der Waals surface area contributed by atoms with Crippen molar-refractivity contribution in [1.29, 1.82) is 0 Å². The van der Waals surface area contributed by atoms with Crippen LogP contribution in [0.1, 0.15) is 36.6 Å². The fourth-order valence-electron chi connectivity index (χ4n) is 4.84. The van der Waals surface area contributed by atoms with E-state index in [9.17, 15) is 9.59 Å². The van der Waals surface area contributed by atoms with Crippen molar-refractivity contribution < 1.29 is 28.5 Å². The molecule has 0 spiro atoms. The molecule has 0 radical (unpaired) electrons. The number of esters is 1. The van der Waals surface area contributed by atoms with E-state index in [1.807, 2.05) is 56.3 Å². The lowest BCUT2D eigenvalue weighted by Gasteiger charge is -2.23. The SMILES string of the molecule is CCOc1ccc([C@H]2C(C(=O)OC)=CN=c3s/c(=C\c4cc(Br)c(OCc5ccc(I)cc5)c(OC)c4)c(=O)n32)cc1OCC. The zero-order chi connectivity index (χ0) is 32.1. The Morgan fingerprint density at radius 1 is 1.00 bits per heavy atom. The molecular formula is C33H30BrIN2O7S. The number of carbonyl (C=O) groups is 1. The molecule has 0 saturated carbocycles. The Balaban J connectivity index is 1.56. The van der Waals surface area contributed by atoms with Crippen molar-refractivity contribution in [3.05, 3.63) is 111 Å². The molecule has 4 aromatic rings. The molecule has 0 unspecified atom stereocenters. The zero-order valence-corrected chi connectivity index (χ0v) is 29.5. The van der Waals surface area contributed by atoms with E-state index in [1.54, 1.807) is 25.3 Å². The number of rotatable bonds is 11. The fraction of sp³-hybridized carbons (Fsp3) is 0.242. The molecule has 1 aromatic heterocycles. The van der Waals surface area contributed by atoms with E-state index in [-0.39, 0.29) is 11.1 Å². The van der Waals surface area contributed by atoms with Gasteiger partial charge in [0, 0.05) is 9.77 Å². The molecule has 9 nitrogen and oxygen atoms in total. The van der Waals surface area contributed by atoms with Crippen LogP contribution in [0.25, 0.3) is 6.08 Å². The minimum atomic E-state index is -0.788. The lowest BCUT2D eigenvalue weighted by molar-refractivity contribution is -0.136. The van der Waals surface area contributed by atoms with Crippen LogP contribution in [0.3, 0.4) is 0 Å². The predicted molar refractivity (Wildman–Crippen MR) is 184 cm³/mol. The van der Waals surface area contributed by atoms with Crippen LogP contribution in [0.4, 0.5) is 0 Å². The number of hydrogen-bond donors (Lipinski definition) is 0. The van der Waals surface area contributed by atoms with Gasteiger partial charge in [-0.15, -0.1) is 0 Å². The third kappa shape index (κ3) is 7.12. The van der Waals surface area contributed by atoms with Gasteiger partial charge >= 0.3 is 5.97 Å². The first-order valence-electron chi connectivity index (χ1n) is 14.0. The maximum atomic E-state index is 14.0. The van der Waals surface area contributed by atoms with Crippen molar-refractivity contribution in [1.82, 2.24) is 4.57 Å². The second-order valence-corrected chi connectivity index (χ2v) is 12.8. The van der Waals surface area contributed by atoms with Crippen LogP contribution in [-0.4, -0.2) is 38.0 Å². The van der Waals surface area contributed by atoms with Crippen molar-refractivity contribution >= 4 is 61.9 Å². The Morgan fingerprint density at radius 2 is 1.73 bits per heavy atom. The van der Waals surface area contributed by atoms with E-state index in [4.69, 9.17) is 23.7 Å². The largest absolute Gasteiger partial charge is 0.493 e. The first kappa shape index (κ1) is 32.8. The Labute approximate surface area is 286 Å². The summed E-state index contributed by atoms with van der Waals surface area (Å²) in [7, 11) is 2.87. The van der Waals surface area contributed by atoms with Gasteiger partial charge in [-0.3, -0.25) is 9.36 Å². The number of hydrogen-bond acceptors (Lipinski definition) is 9. The number of thiazole rings is 1. The molecule has 3 aromatic carbocycles. The smallest absolute Gasteiger partial charge is 0.337 e. The van der Waals surface area contributed by atoms with E-state index in [1.165, 1.54) is 29.2 Å². The Morgan fingerprint density at radius 3 is 2.42 bits per heavy atom. The van der Waals surface area contributed by atoms with Crippen LogP contribution in [-0.2, 0) is 16.1 Å². The van der Waals surface area contributed by atoms with Gasteiger partial charge in [0.15, 0.2) is 27.8 Å². The standard InChI is InChI=1S/C33H30BrIN2O7S/c1-5-42-25-12-9-21(16-26(25)43-6-2)29-23(32(39)41-4)17-36-33-37(29)31(38)28(45-33)15-20-13-24(34)30(27(14-20)40-3)44-18-19-7-10-22(35)11-8-19/h7-17,29H,5-6,18H2,1-4H3/b28-15-/t29-/m0/s1. The van der Waals surface area contributed by atoms with E-state index < -0.39 is 12.0 Å². The van der Waals surface area contributed by atoms with Gasteiger partial charge in [-0.1, -0.05) is 29.5 Å². The average Bonchev–Trinajstić information content (AvgIpc) is 3.35. The Hall–Kier alpha value is -3.62. The number of carbonyl (C=O) groups excluding carboxylic acids is 1. The van der Waals surface area contributed by atoms with Crippen LogP contribution < -0.4 is 33.8 Å². The summed E-state index contributed by atoms with van der Waals surface area (Å²) >= 11 is 7.10. The number of methoxy groups -OCH3 is 2. The van der Waals surface area contributed by atoms with Gasteiger partial charge in [0.25, 0.3) is 5.56 Å². The Bertz CT molecular complexity index is 1940. The van der Waals surface area contributed by atoms with Gasteiger partial charge in [-0.25, -0.2) is 9.79 Å². The molecule has 0 amide bonds. The van der Waals surface area contributed by atoms with Gasteiger partial charge in [-0.2, -0.15) is 0 Å². The van der Waals surface area contributed by atoms with E-state index >= 15 is 0 Å². The van der Waals surface area contributed by atoms with Crippen molar-refractivity contribution in [3.8, 4) is 23.0 Å². The molecule has 0 N–H and O–H groups in total. The summed E-state index contributed by atoms with van der Waals surface area (Å²) < 4.78 is 32.1. The first-order valence-corrected chi connectivity index (χ1v) is 16.7. The highest BCUT2D eigenvalue weighted by molar-refractivity contribution is 14.1. The molecule has 0 fully saturated rings. The first-order chi connectivity index (χ1) is 21.8. The van der Waals surface area contributed by atoms with Gasteiger partial charge in [-0.05, 0) is 112 Å². The molecule has 0 aliphatic carbocycles. The summed E-state index contributed by atoms with van der Waals surface area (Å²) in [6.45, 7) is 5.01. The number of nitrogens with zero attached hydrogens (tertiary/aromatic N) is 2. The van der Waals surface area contributed by atoms with Crippen LogP contribution in [0.5, 0.6) is 23.0 Å². The number of aromatic nitrogens is 1. The molecule has 234 valence electrons. The van der Waals surface area contributed by atoms with Crippen LogP contribution in [0, 0.1) is 3.57 Å². The van der Waals surface area contributed by atoms with Gasteiger partial charge in [0.05, 0.1) is 48.1 Å². The highest BCUT2D eigenvalue weighted by Crippen LogP contribution is 2.38. The maximum Gasteiger partial charge on any atom is 0.337 e. The van der Waals surface area contributed by atoms with Gasteiger partial charge < -0.3 is 23.7 Å². The molecule has 5 rings (SSSR count). The summed E-state index contributed by atoms with van der Waals surface area (Å²) in [6.07, 6.45) is 3.23. The molecule has 2 heterocycles. The predicted octanol–water partition coefficient (Wildman–Crippen LogP) is 5.77. The minimum Gasteiger partial charge on any atom is -0.493 e. The number of fused-ring (bicyclic) bond motifs is 1. The molecule has 12 heteroatoms. The minimum absolute atomic E-state index is 0.224. The van der Waals surface area contributed by atoms with Gasteiger partial charge in [0.1, 0.15) is 6.61 Å². The van der Waals surface area contributed by atoms with E-state index in [2.05, 4.69) is 43.5 Å². The molecule has 0 bridgehead atoms. The van der Waals surface area contributed by atoms with Crippen molar-refractivity contribution in [2.24, 2.45) is 4.99 Å². The second kappa shape index (κ2) is 14.6. The topological polar surface area (TPSA) is 97.6 Å². The highest BCUT2D eigenvalue weighted by Gasteiger charge is 2.31. The average molecular weight is 805 g/mol. The quantitative estimate of drug-likeness (QED) is 0.140. The molecule has 1 aliphatic rings. The molecular weight excluding hydrogens is 775 g/mol. The van der Waals surface area contributed by atoms with Crippen LogP contribution in [0.15, 0.2) is 80.6 Å². The molecule has 1 atom stereocenters.